The average Bonchev–Trinajstić information content (AvgIpc) is 3.10. The Morgan fingerprint density at radius 2 is 1.85 bits per heavy atom. The molecular formula is C20H14ClN3OS. The molecule has 0 aliphatic rings. The molecule has 0 unspecified atom stereocenters. The van der Waals surface area contributed by atoms with Crippen molar-refractivity contribution in [1.29, 1.82) is 0 Å². The van der Waals surface area contributed by atoms with Gasteiger partial charge in [0, 0.05) is 34.1 Å². The first-order valence-electron chi connectivity index (χ1n) is 8.04. The quantitative estimate of drug-likeness (QED) is 0.531. The van der Waals surface area contributed by atoms with Crippen LogP contribution in [0.25, 0.3) is 10.9 Å². The molecule has 0 atom stereocenters. The van der Waals surface area contributed by atoms with Crippen molar-refractivity contribution >= 4 is 44.9 Å². The van der Waals surface area contributed by atoms with E-state index in [9.17, 15) is 4.79 Å². The minimum atomic E-state index is -0.192. The lowest BCUT2D eigenvalue weighted by Gasteiger charge is -2.05. The van der Waals surface area contributed by atoms with Crippen molar-refractivity contribution in [2.45, 2.75) is 6.42 Å². The first kappa shape index (κ1) is 16.7. The molecular weight excluding hydrogens is 366 g/mol. The van der Waals surface area contributed by atoms with Crippen LogP contribution in [-0.4, -0.2) is 15.9 Å². The van der Waals surface area contributed by atoms with Gasteiger partial charge in [-0.25, -0.2) is 4.98 Å². The lowest BCUT2D eigenvalue weighted by Crippen LogP contribution is -2.12. The zero-order valence-electron chi connectivity index (χ0n) is 13.6. The molecule has 26 heavy (non-hydrogen) atoms. The predicted molar refractivity (Wildman–Crippen MR) is 106 cm³/mol. The summed E-state index contributed by atoms with van der Waals surface area (Å²) in [5, 5.41) is 5.00. The molecule has 4 aromatic rings. The van der Waals surface area contributed by atoms with Crippen molar-refractivity contribution < 1.29 is 4.79 Å². The zero-order valence-corrected chi connectivity index (χ0v) is 15.2. The molecule has 6 heteroatoms. The van der Waals surface area contributed by atoms with E-state index < -0.39 is 0 Å². The summed E-state index contributed by atoms with van der Waals surface area (Å²) in [4.78, 5) is 22.3. The van der Waals surface area contributed by atoms with Gasteiger partial charge in [-0.3, -0.25) is 15.1 Å². The van der Waals surface area contributed by atoms with Gasteiger partial charge in [0.2, 0.25) is 0 Å². The number of nitrogens with one attached hydrogen (secondary N) is 1. The minimum absolute atomic E-state index is 0.192. The number of para-hydroxylation sites is 1. The smallest absolute Gasteiger partial charge is 0.258 e. The summed E-state index contributed by atoms with van der Waals surface area (Å²) >= 11 is 7.66. The molecule has 0 radical (unpaired) electrons. The number of nitrogens with zero attached hydrogens (tertiary/aromatic N) is 2. The highest BCUT2D eigenvalue weighted by atomic mass is 35.5. The molecule has 0 fully saturated rings. The number of thiazole rings is 1. The van der Waals surface area contributed by atoms with Crippen LogP contribution in [0.2, 0.25) is 5.02 Å². The number of hydrogen-bond donors (Lipinski definition) is 1. The van der Waals surface area contributed by atoms with Gasteiger partial charge in [0.05, 0.1) is 11.1 Å². The van der Waals surface area contributed by atoms with E-state index in [0.29, 0.717) is 17.1 Å². The number of rotatable bonds is 4. The minimum Gasteiger partial charge on any atom is -0.298 e. The number of hydrogen-bond acceptors (Lipinski definition) is 4. The lowest BCUT2D eigenvalue weighted by atomic mass is 10.1. The van der Waals surface area contributed by atoms with Gasteiger partial charge < -0.3 is 0 Å². The van der Waals surface area contributed by atoms with E-state index in [0.717, 1.165) is 26.4 Å². The Morgan fingerprint density at radius 1 is 1.04 bits per heavy atom. The first-order valence-corrected chi connectivity index (χ1v) is 9.23. The molecule has 2 aromatic heterocycles. The van der Waals surface area contributed by atoms with E-state index in [1.54, 1.807) is 18.5 Å². The van der Waals surface area contributed by atoms with Gasteiger partial charge in [0.1, 0.15) is 0 Å². The van der Waals surface area contributed by atoms with E-state index in [-0.39, 0.29) is 5.91 Å². The Bertz CT molecular complexity index is 1090. The summed E-state index contributed by atoms with van der Waals surface area (Å²) in [6.07, 6.45) is 4.10. The molecule has 4 rings (SSSR count). The highest BCUT2D eigenvalue weighted by Gasteiger charge is 2.13. The predicted octanol–water partition coefficient (Wildman–Crippen LogP) is 5.19. The molecule has 128 valence electrons. The SMILES string of the molecule is O=C(Nc1ncc(Cc2ccccc2Cl)s1)c1ccnc2ccccc12. The number of aromatic nitrogens is 2. The zero-order chi connectivity index (χ0) is 17.9. The number of carbonyl (C=O) groups is 1. The van der Waals surface area contributed by atoms with E-state index in [1.807, 2.05) is 48.5 Å². The number of carbonyl (C=O) groups excluding carboxylic acids is 1. The van der Waals surface area contributed by atoms with Crippen molar-refractivity contribution in [1.82, 2.24) is 9.97 Å². The van der Waals surface area contributed by atoms with E-state index in [4.69, 9.17) is 11.6 Å². The average molecular weight is 380 g/mol. The van der Waals surface area contributed by atoms with Crippen LogP contribution in [0.1, 0.15) is 20.8 Å². The number of fused-ring (bicyclic) bond motifs is 1. The van der Waals surface area contributed by atoms with E-state index in [1.165, 1.54) is 11.3 Å². The van der Waals surface area contributed by atoms with Crippen LogP contribution in [0, 0.1) is 0 Å². The second-order valence-corrected chi connectivity index (χ2v) is 7.25. The monoisotopic (exact) mass is 379 g/mol. The van der Waals surface area contributed by atoms with E-state index in [2.05, 4.69) is 15.3 Å². The largest absolute Gasteiger partial charge is 0.298 e. The normalized spacial score (nSPS) is 10.8. The summed E-state index contributed by atoms with van der Waals surface area (Å²) in [5.74, 6) is -0.192. The van der Waals surface area contributed by atoms with Crippen molar-refractivity contribution in [2.75, 3.05) is 5.32 Å². The number of amides is 1. The standard InChI is InChI=1S/C20H14ClN3OS/c21-17-7-3-1-5-13(17)11-14-12-23-20(26-14)24-19(25)16-9-10-22-18-8-4-2-6-15(16)18/h1-10,12H,11H2,(H,23,24,25). The molecule has 0 aliphatic carbocycles. The molecule has 0 aliphatic heterocycles. The molecule has 2 heterocycles. The molecule has 0 spiro atoms. The molecule has 0 bridgehead atoms. The van der Waals surface area contributed by atoms with Crippen LogP contribution < -0.4 is 5.32 Å². The summed E-state index contributed by atoms with van der Waals surface area (Å²) in [6.45, 7) is 0. The number of halogens is 1. The molecule has 1 amide bonds. The molecule has 0 saturated carbocycles. The fraction of sp³-hybridized carbons (Fsp3) is 0.0500. The Morgan fingerprint density at radius 3 is 2.73 bits per heavy atom. The van der Waals surface area contributed by atoms with Crippen LogP contribution in [-0.2, 0) is 6.42 Å². The molecule has 1 N–H and O–H groups in total. The van der Waals surface area contributed by atoms with Crippen molar-refractivity contribution in [3.05, 3.63) is 88.0 Å². The van der Waals surface area contributed by atoms with Crippen LogP contribution in [0.4, 0.5) is 5.13 Å². The Kier molecular flexibility index (Phi) is 4.65. The number of anilines is 1. The fourth-order valence-corrected chi connectivity index (χ4v) is 3.77. The topological polar surface area (TPSA) is 54.9 Å². The summed E-state index contributed by atoms with van der Waals surface area (Å²) in [6, 6.07) is 17.0. The molecule has 0 saturated heterocycles. The van der Waals surface area contributed by atoms with Gasteiger partial charge in [-0.2, -0.15) is 0 Å². The third-order valence-corrected chi connectivity index (χ3v) is 5.27. The summed E-state index contributed by atoms with van der Waals surface area (Å²) < 4.78 is 0. The van der Waals surface area contributed by atoms with Gasteiger partial charge in [0.25, 0.3) is 5.91 Å². The lowest BCUT2D eigenvalue weighted by molar-refractivity contribution is 0.102. The third-order valence-electron chi connectivity index (χ3n) is 3.99. The maximum Gasteiger partial charge on any atom is 0.258 e. The Balaban J connectivity index is 1.54. The van der Waals surface area contributed by atoms with Gasteiger partial charge in [-0.1, -0.05) is 48.0 Å². The number of benzene rings is 2. The fourth-order valence-electron chi connectivity index (χ4n) is 2.73. The maximum atomic E-state index is 12.7. The highest BCUT2D eigenvalue weighted by molar-refractivity contribution is 7.15. The van der Waals surface area contributed by atoms with Crippen molar-refractivity contribution in [3.63, 3.8) is 0 Å². The molecule has 2 aromatic carbocycles. The summed E-state index contributed by atoms with van der Waals surface area (Å²) in [7, 11) is 0. The van der Waals surface area contributed by atoms with Gasteiger partial charge in [0.15, 0.2) is 5.13 Å². The number of pyridine rings is 1. The van der Waals surface area contributed by atoms with Crippen LogP contribution >= 0.6 is 22.9 Å². The van der Waals surface area contributed by atoms with Gasteiger partial charge in [-0.15, -0.1) is 11.3 Å². The molecule has 4 nitrogen and oxygen atoms in total. The maximum absolute atomic E-state index is 12.7. The van der Waals surface area contributed by atoms with Crippen LogP contribution in [0.15, 0.2) is 67.0 Å². The third kappa shape index (κ3) is 3.45. The first-order chi connectivity index (χ1) is 12.7. The summed E-state index contributed by atoms with van der Waals surface area (Å²) in [5.41, 5.74) is 2.41. The second kappa shape index (κ2) is 7.23. The Hall–Kier alpha value is -2.76. The van der Waals surface area contributed by atoms with E-state index >= 15 is 0 Å². The van der Waals surface area contributed by atoms with Crippen molar-refractivity contribution in [2.24, 2.45) is 0 Å². The van der Waals surface area contributed by atoms with Crippen molar-refractivity contribution in [3.8, 4) is 0 Å². The highest BCUT2D eigenvalue weighted by Crippen LogP contribution is 2.25. The van der Waals surface area contributed by atoms with Crippen LogP contribution in [0.5, 0.6) is 0 Å². The second-order valence-electron chi connectivity index (χ2n) is 5.73. The van der Waals surface area contributed by atoms with Crippen LogP contribution in [0.3, 0.4) is 0 Å². The van der Waals surface area contributed by atoms with Gasteiger partial charge in [-0.05, 0) is 23.8 Å². The van der Waals surface area contributed by atoms with Gasteiger partial charge >= 0.3 is 0 Å². The Labute approximate surface area is 159 Å².